The topological polar surface area (TPSA) is 43.8 Å². The molecule has 2 fully saturated rings. The summed E-state index contributed by atoms with van der Waals surface area (Å²) in [5, 5.41) is 6.88. The van der Waals surface area contributed by atoms with E-state index in [2.05, 4.69) is 63.8 Å². The zero-order chi connectivity index (χ0) is 20.6. The molecule has 1 N–H and O–H groups in total. The van der Waals surface area contributed by atoms with Gasteiger partial charge >= 0.3 is 0 Å². The van der Waals surface area contributed by atoms with Gasteiger partial charge in [-0.05, 0) is 38.2 Å². The van der Waals surface area contributed by atoms with Gasteiger partial charge in [-0.25, -0.2) is 4.98 Å². The van der Waals surface area contributed by atoms with Gasteiger partial charge in [-0.2, -0.15) is 0 Å². The number of nitrogens with one attached hydrogen (secondary N) is 1. The van der Waals surface area contributed by atoms with Gasteiger partial charge in [0.1, 0.15) is 0 Å². The van der Waals surface area contributed by atoms with Crippen molar-refractivity contribution in [2.75, 3.05) is 44.2 Å². The van der Waals surface area contributed by atoms with Gasteiger partial charge in [-0.3, -0.25) is 4.99 Å². The maximum atomic E-state index is 4.91. The number of piperidine rings is 1. The van der Waals surface area contributed by atoms with E-state index >= 15 is 0 Å². The van der Waals surface area contributed by atoms with E-state index in [1.165, 1.54) is 34.8 Å². The lowest BCUT2D eigenvalue weighted by molar-refractivity contribution is 0.375. The molecule has 1 aromatic carbocycles. The lowest BCUT2D eigenvalue weighted by Crippen LogP contribution is -2.44. The van der Waals surface area contributed by atoms with E-state index in [0.717, 1.165) is 64.5 Å². The van der Waals surface area contributed by atoms with Crippen LogP contribution in [0.4, 0.5) is 5.13 Å². The molecule has 0 spiro atoms. The second kappa shape index (κ2) is 10.6. The Morgan fingerprint density at radius 1 is 1.13 bits per heavy atom. The molecule has 2 aliphatic heterocycles. The molecule has 0 radical (unpaired) electrons. The number of likely N-dealkylation sites (tertiary alicyclic amines) is 1. The second-order valence-corrected chi connectivity index (χ2v) is 8.84. The normalized spacial score (nSPS) is 17.5. The first kappa shape index (κ1) is 20.9. The quantitative estimate of drug-likeness (QED) is 0.551. The second-order valence-electron chi connectivity index (χ2n) is 8.00. The SMILES string of the molecule is CCNC(=NCCc1csc(N2CCCC2)n1)N1CCC(=Cc2ccccc2)CC1. The van der Waals surface area contributed by atoms with Crippen molar-refractivity contribution in [1.82, 2.24) is 15.2 Å². The van der Waals surface area contributed by atoms with Gasteiger partial charge in [0.15, 0.2) is 11.1 Å². The highest BCUT2D eigenvalue weighted by atomic mass is 32.1. The lowest BCUT2D eigenvalue weighted by Gasteiger charge is -2.31. The van der Waals surface area contributed by atoms with Crippen molar-refractivity contribution in [2.24, 2.45) is 4.99 Å². The summed E-state index contributed by atoms with van der Waals surface area (Å²) in [6, 6.07) is 10.6. The van der Waals surface area contributed by atoms with Crippen molar-refractivity contribution in [3.05, 3.63) is 52.5 Å². The maximum absolute atomic E-state index is 4.91. The molecule has 2 saturated heterocycles. The number of nitrogens with zero attached hydrogens (tertiary/aromatic N) is 4. The van der Waals surface area contributed by atoms with Crippen LogP contribution in [-0.2, 0) is 6.42 Å². The number of aliphatic imine (C=N–C) groups is 1. The summed E-state index contributed by atoms with van der Waals surface area (Å²) < 4.78 is 0. The minimum atomic E-state index is 0.786. The van der Waals surface area contributed by atoms with Crippen LogP contribution in [0.15, 0.2) is 46.3 Å². The van der Waals surface area contributed by atoms with E-state index in [-0.39, 0.29) is 0 Å². The standard InChI is InChI=1S/C24H33N5S/c1-2-25-23(26-13-10-22-19-30-24(27-22)29-14-6-7-15-29)28-16-11-21(12-17-28)18-20-8-4-3-5-9-20/h3-5,8-9,18-19H,2,6-7,10-17H2,1H3,(H,25,26). The molecule has 5 nitrogen and oxygen atoms in total. The van der Waals surface area contributed by atoms with Crippen LogP contribution >= 0.6 is 11.3 Å². The number of hydrogen-bond acceptors (Lipinski definition) is 4. The van der Waals surface area contributed by atoms with E-state index in [1.54, 1.807) is 11.3 Å². The van der Waals surface area contributed by atoms with Crippen molar-refractivity contribution < 1.29 is 0 Å². The Hall–Kier alpha value is -2.34. The first-order chi connectivity index (χ1) is 14.8. The van der Waals surface area contributed by atoms with E-state index in [9.17, 15) is 0 Å². The maximum Gasteiger partial charge on any atom is 0.193 e. The number of anilines is 1. The first-order valence-corrected chi connectivity index (χ1v) is 12.2. The van der Waals surface area contributed by atoms with Crippen LogP contribution in [0.3, 0.4) is 0 Å². The minimum Gasteiger partial charge on any atom is -0.357 e. The molecule has 6 heteroatoms. The van der Waals surface area contributed by atoms with Gasteiger partial charge < -0.3 is 15.1 Å². The van der Waals surface area contributed by atoms with Gasteiger partial charge in [-0.1, -0.05) is 42.0 Å². The third kappa shape index (κ3) is 5.63. The predicted octanol–water partition coefficient (Wildman–Crippen LogP) is 4.43. The van der Waals surface area contributed by atoms with Crippen LogP contribution in [0, 0.1) is 0 Å². The Balaban J connectivity index is 1.30. The summed E-state index contributed by atoms with van der Waals surface area (Å²) in [6.45, 7) is 8.20. The van der Waals surface area contributed by atoms with Crippen LogP contribution in [0.5, 0.6) is 0 Å². The Kier molecular flexibility index (Phi) is 7.40. The molecule has 0 amide bonds. The van der Waals surface area contributed by atoms with Gasteiger partial charge in [0.2, 0.25) is 0 Å². The van der Waals surface area contributed by atoms with Crippen LogP contribution in [-0.4, -0.2) is 55.1 Å². The Bertz CT molecular complexity index is 841. The van der Waals surface area contributed by atoms with Crippen molar-refractivity contribution >= 4 is 28.5 Å². The third-order valence-electron chi connectivity index (χ3n) is 5.76. The molecular weight excluding hydrogens is 390 g/mol. The van der Waals surface area contributed by atoms with E-state index in [0.29, 0.717) is 0 Å². The molecule has 1 aromatic heterocycles. The monoisotopic (exact) mass is 423 g/mol. The molecule has 0 bridgehead atoms. The summed E-state index contributed by atoms with van der Waals surface area (Å²) in [5.74, 6) is 1.05. The fourth-order valence-electron chi connectivity index (χ4n) is 4.10. The third-order valence-corrected chi connectivity index (χ3v) is 6.71. The van der Waals surface area contributed by atoms with Gasteiger partial charge in [0, 0.05) is 51.1 Å². The highest BCUT2D eigenvalue weighted by Gasteiger charge is 2.18. The molecule has 0 atom stereocenters. The summed E-state index contributed by atoms with van der Waals surface area (Å²) >= 11 is 1.78. The Morgan fingerprint density at radius 3 is 2.63 bits per heavy atom. The fourth-order valence-corrected chi connectivity index (χ4v) is 5.02. The Morgan fingerprint density at radius 2 is 1.90 bits per heavy atom. The molecule has 0 unspecified atom stereocenters. The fraction of sp³-hybridized carbons (Fsp3) is 0.500. The van der Waals surface area contributed by atoms with Crippen molar-refractivity contribution in [2.45, 2.75) is 39.0 Å². The zero-order valence-corrected chi connectivity index (χ0v) is 18.8. The highest BCUT2D eigenvalue weighted by molar-refractivity contribution is 7.13. The van der Waals surface area contributed by atoms with Crippen molar-refractivity contribution in [3.8, 4) is 0 Å². The smallest absolute Gasteiger partial charge is 0.193 e. The molecule has 2 aliphatic rings. The number of thiazole rings is 1. The lowest BCUT2D eigenvalue weighted by atomic mass is 10.0. The zero-order valence-electron chi connectivity index (χ0n) is 18.0. The minimum absolute atomic E-state index is 0.786. The van der Waals surface area contributed by atoms with Crippen LogP contribution in [0.2, 0.25) is 0 Å². The summed E-state index contributed by atoms with van der Waals surface area (Å²) in [7, 11) is 0. The molecule has 160 valence electrons. The first-order valence-electron chi connectivity index (χ1n) is 11.3. The van der Waals surface area contributed by atoms with Crippen molar-refractivity contribution in [3.63, 3.8) is 0 Å². The van der Waals surface area contributed by atoms with E-state index in [4.69, 9.17) is 9.98 Å². The van der Waals surface area contributed by atoms with E-state index < -0.39 is 0 Å². The number of hydrogen-bond donors (Lipinski definition) is 1. The molecule has 3 heterocycles. The summed E-state index contributed by atoms with van der Waals surface area (Å²) in [5.41, 5.74) is 4.01. The molecular formula is C24H33N5S. The summed E-state index contributed by atoms with van der Waals surface area (Å²) in [6.07, 6.45) is 8.05. The van der Waals surface area contributed by atoms with Crippen LogP contribution in [0.25, 0.3) is 6.08 Å². The van der Waals surface area contributed by atoms with Crippen LogP contribution in [0.1, 0.15) is 43.9 Å². The molecule has 0 saturated carbocycles. The number of aromatic nitrogens is 1. The number of guanidine groups is 1. The average molecular weight is 424 g/mol. The Labute approximate surface area is 184 Å². The number of benzene rings is 1. The van der Waals surface area contributed by atoms with Gasteiger partial charge in [0.05, 0.1) is 5.69 Å². The van der Waals surface area contributed by atoms with Gasteiger partial charge in [0.25, 0.3) is 0 Å². The predicted molar refractivity (Wildman–Crippen MR) is 128 cm³/mol. The molecule has 4 rings (SSSR count). The van der Waals surface area contributed by atoms with Crippen LogP contribution < -0.4 is 10.2 Å². The average Bonchev–Trinajstić information content (AvgIpc) is 3.47. The molecule has 2 aromatic rings. The van der Waals surface area contributed by atoms with Gasteiger partial charge in [-0.15, -0.1) is 11.3 Å². The highest BCUT2D eigenvalue weighted by Crippen LogP contribution is 2.24. The molecule has 30 heavy (non-hydrogen) atoms. The van der Waals surface area contributed by atoms with E-state index in [1.807, 2.05) is 0 Å². The number of rotatable bonds is 6. The van der Waals surface area contributed by atoms with Crippen molar-refractivity contribution in [1.29, 1.82) is 0 Å². The largest absolute Gasteiger partial charge is 0.357 e. The summed E-state index contributed by atoms with van der Waals surface area (Å²) in [4.78, 5) is 14.6. The molecule has 0 aliphatic carbocycles.